The highest BCUT2D eigenvalue weighted by atomic mass is 16.7. The Bertz CT molecular complexity index is 679. The number of unbranched alkanes of at least 4 members (excludes halogenated alkanes) is 16. The number of ether oxygens (including phenoxy) is 4. The molecule has 0 fully saturated rings. The van der Waals surface area contributed by atoms with Crippen molar-refractivity contribution < 1.29 is 38.7 Å². The number of rotatable bonds is 36. The van der Waals surface area contributed by atoms with Gasteiger partial charge in [-0.05, 0) is 77.2 Å². The lowest BCUT2D eigenvalue weighted by atomic mass is 10.0. The predicted molar refractivity (Wildman–Crippen MR) is 196 cm³/mol. The fourth-order valence-corrected chi connectivity index (χ4v) is 5.85. The number of carbonyl (C=O) groups is 2. The van der Waals surface area contributed by atoms with Gasteiger partial charge in [0.1, 0.15) is 6.10 Å². The predicted octanol–water partition coefficient (Wildman–Crippen LogP) is 10.1. The summed E-state index contributed by atoms with van der Waals surface area (Å²) in [6.07, 6.45) is 24.4. The highest BCUT2D eigenvalue weighted by molar-refractivity contribution is 5.60. The van der Waals surface area contributed by atoms with Crippen molar-refractivity contribution in [2.24, 2.45) is 0 Å². The molecule has 0 aromatic heterocycles. The van der Waals surface area contributed by atoms with Crippen LogP contribution in [-0.2, 0) is 18.9 Å². The minimum atomic E-state index is -0.576. The Morgan fingerprint density at radius 2 is 0.938 bits per heavy atom. The fraction of sp³-hybridized carbons (Fsp3) is 0.949. The second-order valence-corrected chi connectivity index (χ2v) is 13.5. The van der Waals surface area contributed by atoms with Crippen LogP contribution < -0.4 is 0 Å². The lowest BCUT2D eigenvalue weighted by Crippen LogP contribution is -2.34. The van der Waals surface area contributed by atoms with Crippen LogP contribution >= 0.6 is 0 Å². The Kier molecular flexibility index (Phi) is 35.5. The number of carbonyl (C=O) groups excluding carboxylic acids is 2. The number of aliphatic hydroxyl groups is 2. The van der Waals surface area contributed by atoms with Crippen LogP contribution in [0.4, 0.5) is 9.59 Å². The first-order valence-corrected chi connectivity index (χ1v) is 20.1. The molecule has 1 atom stereocenters. The molecule has 9 nitrogen and oxygen atoms in total. The molecule has 48 heavy (non-hydrogen) atoms. The van der Waals surface area contributed by atoms with E-state index in [1.165, 1.54) is 64.2 Å². The molecule has 1 unspecified atom stereocenters. The van der Waals surface area contributed by atoms with E-state index in [2.05, 4.69) is 25.7 Å². The molecule has 0 aliphatic carbocycles. The number of hydrogen-bond acceptors (Lipinski definition) is 9. The maximum Gasteiger partial charge on any atom is 0.508 e. The number of hydrogen-bond donors (Lipinski definition) is 2. The van der Waals surface area contributed by atoms with Gasteiger partial charge >= 0.3 is 12.3 Å². The Morgan fingerprint density at radius 3 is 1.52 bits per heavy atom. The maximum absolute atomic E-state index is 12.5. The topological polar surface area (TPSA) is 115 Å². The van der Waals surface area contributed by atoms with Crippen LogP contribution in [0.5, 0.6) is 0 Å². The molecule has 286 valence electrons. The van der Waals surface area contributed by atoms with Crippen molar-refractivity contribution in [2.75, 3.05) is 46.1 Å². The second kappa shape index (κ2) is 36.7. The number of nitrogens with zero attached hydrogens (tertiary/aromatic N) is 1. The summed E-state index contributed by atoms with van der Waals surface area (Å²) in [7, 11) is 0. The third-order valence-corrected chi connectivity index (χ3v) is 8.83. The molecular formula is C39H77NO8. The van der Waals surface area contributed by atoms with Gasteiger partial charge in [-0.3, -0.25) is 0 Å². The Labute approximate surface area is 295 Å². The van der Waals surface area contributed by atoms with Crippen molar-refractivity contribution in [2.45, 2.75) is 193 Å². The fourth-order valence-electron chi connectivity index (χ4n) is 5.85. The molecule has 9 heteroatoms. The first-order valence-electron chi connectivity index (χ1n) is 20.1. The molecule has 0 spiro atoms. The van der Waals surface area contributed by atoms with E-state index >= 15 is 0 Å². The smallest absolute Gasteiger partial charge is 0.434 e. The van der Waals surface area contributed by atoms with Gasteiger partial charge in [0.2, 0.25) is 0 Å². The Balaban J connectivity index is 4.21. The summed E-state index contributed by atoms with van der Waals surface area (Å²) in [4.78, 5) is 26.3. The molecular weight excluding hydrogens is 610 g/mol. The molecule has 0 aromatic carbocycles. The van der Waals surface area contributed by atoms with Gasteiger partial charge in [0.05, 0.1) is 25.9 Å². The molecule has 0 amide bonds. The first kappa shape index (κ1) is 46.4. The molecule has 0 saturated carbocycles. The normalized spacial score (nSPS) is 12.1. The molecule has 0 aromatic rings. The largest absolute Gasteiger partial charge is 0.508 e. The van der Waals surface area contributed by atoms with E-state index in [-0.39, 0.29) is 12.7 Å². The van der Waals surface area contributed by atoms with Crippen LogP contribution in [-0.4, -0.2) is 85.7 Å². The highest BCUT2D eigenvalue weighted by Gasteiger charge is 2.16. The SMILES string of the molecule is CCCCCCCCC(CCCCCCCC)OC(=O)OCCCCC(O)CN(CCCO)CCCCCCOC(=O)OCCCCC. The zero-order chi connectivity index (χ0) is 35.3. The van der Waals surface area contributed by atoms with E-state index in [4.69, 9.17) is 18.9 Å². The highest BCUT2D eigenvalue weighted by Crippen LogP contribution is 2.18. The van der Waals surface area contributed by atoms with Gasteiger partial charge < -0.3 is 34.1 Å². The van der Waals surface area contributed by atoms with Crippen molar-refractivity contribution >= 4 is 12.3 Å². The third kappa shape index (κ3) is 32.9. The lowest BCUT2D eigenvalue weighted by Gasteiger charge is -2.25. The monoisotopic (exact) mass is 688 g/mol. The summed E-state index contributed by atoms with van der Waals surface area (Å²) in [5.41, 5.74) is 0. The minimum absolute atomic E-state index is 0.0567. The minimum Gasteiger partial charge on any atom is -0.434 e. The van der Waals surface area contributed by atoms with Crippen LogP contribution in [0.25, 0.3) is 0 Å². The van der Waals surface area contributed by atoms with Gasteiger partial charge in [-0.1, -0.05) is 111 Å². The Morgan fingerprint density at radius 1 is 0.521 bits per heavy atom. The molecule has 0 saturated heterocycles. The van der Waals surface area contributed by atoms with Gasteiger partial charge in [0, 0.05) is 19.7 Å². The van der Waals surface area contributed by atoms with Crippen molar-refractivity contribution in [3.05, 3.63) is 0 Å². The van der Waals surface area contributed by atoms with Gasteiger partial charge in [-0.2, -0.15) is 0 Å². The summed E-state index contributed by atoms with van der Waals surface area (Å²) in [5.74, 6) is 0. The lowest BCUT2D eigenvalue weighted by molar-refractivity contribution is 0.0148. The van der Waals surface area contributed by atoms with Crippen LogP contribution in [0.2, 0.25) is 0 Å². The average Bonchev–Trinajstić information content (AvgIpc) is 3.07. The maximum atomic E-state index is 12.5. The standard InChI is InChI=1S/C39H77NO8/c1-4-7-10-12-14-18-27-37(28-19-15-13-11-8-5-2)48-39(44)47-34-24-20-26-36(42)35-40(30-25-31-41)29-21-16-17-23-33-46-38(43)45-32-22-9-6-3/h36-37,41-42H,4-35H2,1-3H3. The van der Waals surface area contributed by atoms with E-state index in [0.717, 1.165) is 90.1 Å². The van der Waals surface area contributed by atoms with Crippen LogP contribution in [0.3, 0.4) is 0 Å². The summed E-state index contributed by atoms with van der Waals surface area (Å²) in [5, 5.41) is 20.0. The van der Waals surface area contributed by atoms with E-state index in [9.17, 15) is 19.8 Å². The average molecular weight is 688 g/mol. The summed E-state index contributed by atoms with van der Waals surface area (Å²) in [6.45, 7) is 9.96. The van der Waals surface area contributed by atoms with Crippen molar-refractivity contribution in [3.8, 4) is 0 Å². The molecule has 0 radical (unpaired) electrons. The van der Waals surface area contributed by atoms with E-state index in [1.54, 1.807) is 0 Å². The molecule has 2 N–H and O–H groups in total. The number of aliphatic hydroxyl groups excluding tert-OH is 2. The summed E-state index contributed by atoms with van der Waals surface area (Å²) < 4.78 is 21.4. The molecule has 0 aliphatic heterocycles. The van der Waals surface area contributed by atoms with Crippen LogP contribution in [0.15, 0.2) is 0 Å². The van der Waals surface area contributed by atoms with Crippen LogP contribution in [0.1, 0.15) is 181 Å². The molecule has 0 bridgehead atoms. The molecule has 0 rings (SSSR count). The van der Waals surface area contributed by atoms with Gasteiger partial charge in [0.25, 0.3) is 0 Å². The van der Waals surface area contributed by atoms with Crippen molar-refractivity contribution in [1.82, 2.24) is 4.90 Å². The van der Waals surface area contributed by atoms with E-state index in [1.807, 2.05) is 0 Å². The van der Waals surface area contributed by atoms with Crippen molar-refractivity contribution in [1.29, 1.82) is 0 Å². The Hall–Kier alpha value is -1.58. The zero-order valence-corrected chi connectivity index (χ0v) is 31.6. The van der Waals surface area contributed by atoms with Gasteiger partial charge in [0.15, 0.2) is 0 Å². The first-order chi connectivity index (χ1) is 23.5. The van der Waals surface area contributed by atoms with E-state index < -0.39 is 18.4 Å². The molecule has 0 heterocycles. The van der Waals surface area contributed by atoms with Crippen molar-refractivity contribution in [3.63, 3.8) is 0 Å². The van der Waals surface area contributed by atoms with Gasteiger partial charge in [-0.25, -0.2) is 9.59 Å². The zero-order valence-electron chi connectivity index (χ0n) is 31.6. The third-order valence-electron chi connectivity index (χ3n) is 8.83. The quantitative estimate of drug-likeness (QED) is 0.0490. The summed E-state index contributed by atoms with van der Waals surface area (Å²) >= 11 is 0. The van der Waals surface area contributed by atoms with Gasteiger partial charge in [-0.15, -0.1) is 0 Å². The van der Waals surface area contributed by atoms with Crippen LogP contribution in [0, 0.1) is 0 Å². The van der Waals surface area contributed by atoms with E-state index in [0.29, 0.717) is 45.6 Å². The summed E-state index contributed by atoms with van der Waals surface area (Å²) in [6, 6.07) is 0. The second-order valence-electron chi connectivity index (χ2n) is 13.5. The molecule has 0 aliphatic rings.